The zero-order valence-corrected chi connectivity index (χ0v) is 14.2. The average Bonchev–Trinajstić information content (AvgIpc) is 2.47. The van der Waals surface area contributed by atoms with Crippen LogP contribution in [-0.4, -0.2) is 25.4 Å². The van der Waals surface area contributed by atoms with Crippen molar-refractivity contribution in [1.29, 1.82) is 0 Å². The molecule has 1 aliphatic carbocycles. The molecule has 23 heavy (non-hydrogen) atoms. The topological polar surface area (TPSA) is 101 Å². The first-order chi connectivity index (χ1) is 10.8. The number of nitro benzene ring substituents is 1. The van der Waals surface area contributed by atoms with E-state index in [0.29, 0.717) is 5.69 Å². The minimum Gasteiger partial charge on any atom is -0.377 e. The highest BCUT2D eigenvalue weighted by molar-refractivity contribution is 7.89. The molecule has 1 saturated carbocycles. The van der Waals surface area contributed by atoms with Crippen LogP contribution in [0.15, 0.2) is 23.1 Å². The maximum atomic E-state index is 12.2. The molecule has 0 bridgehead atoms. The van der Waals surface area contributed by atoms with Crippen molar-refractivity contribution in [3.63, 3.8) is 0 Å². The normalized spacial score (nSPS) is 16.5. The van der Waals surface area contributed by atoms with E-state index in [9.17, 15) is 18.5 Å². The van der Waals surface area contributed by atoms with Crippen LogP contribution >= 0.6 is 0 Å². The van der Waals surface area contributed by atoms with Crippen molar-refractivity contribution in [3.05, 3.63) is 28.3 Å². The highest BCUT2D eigenvalue weighted by Gasteiger charge is 2.23. The fraction of sp³-hybridized carbons (Fsp3) is 0.600. The van der Waals surface area contributed by atoms with Crippen LogP contribution in [0.1, 0.15) is 46.0 Å². The van der Waals surface area contributed by atoms with Gasteiger partial charge in [-0.1, -0.05) is 19.3 Å². The molecule has 0 heterocycles. The van der Waals surface area contributed by atoms with Crippen LogP contribution in [0.2, 0.25) is 0 Å². The lowest BCUT2D eigenvalue weighted by atomic mass is 9.95. The van der Waals surface area contributed by atoms with E-state index in [2.05, 4.69) is 10.0 Å². The standard InChI is InChI=1S/C15H23N3O4S/c1-11(2)17-23(21,22)13-8-9-14(15(10-13)18(19)20)16-12-6-4-3-5-7-12/h8-12,16-17H,3-7H2,1-2H3. The summed E-state index contributed by atoms with van der Waals surface area (Å²) in [6.07, 6.45) is 5.36. The quantitative estimate of drug-likeness (QED) is 0.612. The minimum absolute atomic E-state index is 0.0907. The number of anilines is 1. The van der Waals surface area contributed by atoms with Crippen LogP contribution in [0.4, 0.5) is 11.4 Å². The first kappa shape index (κ1) is 17.7. The number of hydrogen-bond acceptors (Lipinski definition) is 5. The fourth-order valence-electron chi connectivity index (χ4n) is 2.80. The third-order valence-corrected chi connectivity index (χ3v) is 5.49. The Morgan fingerprint density at radius 2 is 1.87 bits per heavy atom. The Labute approximate surface area is 136 Å². The van der Waals surface area contributed by atoms with Crippen molar-refractivity contribution in [2.75, 3.05) is 5.32 Å². The molecule has 7 nitrogen and oxygen atoms in total. The third-order valence-electron chi connectivity index (χ3n) is 3.83. The smallest absolute Gasteiger partial charge is 0.293 e. The molecule has 1 aliphatic rings. The maximum Gasteiger partial charge on any atom is 0.293 e. The maximum absolute atomic E-state index is 12.2. The molecule has 0 atom stereocenters. The molecular formula is C15H23N3O4S. The number of benzene rings is 1. The summed E-state index contributed by atoms with van der Waals surface area (Å²) in [5.41, 5.74) is 0.174. The second kappa shape index (κ2) is 7.27. The van der Waals surface area contributed by atoms with Crippen LogP contribution in [0.25, 0.3) is 0 Å². The van der Waals surface area contributed by atoms with E-state index in [1.807, 2.05) is 0 Å². The van der Waals surface area contributed by atoms with E-state index >= 15 is 0 Å². The molecule has 0 radical (unpaired) electrons. The molecule has 2 rings (SSSR count). The Hall–Kier alpha value is -1.67. The number of hydrogen-bond donors (Lipinski definition) is 2. The molecule has 0 spiro atoms. The SMILES string of the molecule is CC(C)NS(=O)(=O)c1ccc(NC2CCCCC2)c([N+](=O)[O-])c1. The van der Waals surface area contributed by atoms with E-state index in [4.69, 9.17) is 0 Å². The van der Waals surface area contributed by atoms with Crippen LogP contribution in [0.3, 0.4) is 0 Å². The Morgan fingerprint density at radius 3 is 2.43 bits per heavy atom. The summed E-state index contributed by atoms with van der Waals surface area (Å²) < 4.78 is 26.8. The molecule has 1 aromatic rings. The van der Waals surface area contributed by atoms with E-state index in [1.165, 1.54) is 18.6 Å². The van der Waals surface area contributed by atoms with E-state index in [-0.39, 0.29) is 22.7 Å². The van der Waals surface area contributed by atoms with Gasteiger partial charge < -0.3 is 5.32 Å². The summed E-state index contributed by atoms with van der Waals surface area (Å²) in [5, 5.41) is 14.5. The Morgan fingerprint density at radius 1 is 1.22 bits per heavy atom. The lowest BCUT2D eigenvalue weighted by Gasteiger charge is -2.23. The fourth-order valence-corrected chi connectivity index (χ4v) is 4.07. The van der Waals surface area contributed by atoms with Gasteiger partial charge in [-0.3, -0.25) is 10.1 Å². The predicted octanol–water partition coefficient (Wildman–Crippen LogP) is 3.03. The van der Waals surface area contributed by atoms with Gasteiger partial charge in [-0.25, -0.2) is 13.1 Å². The van der Waals surface area contributed by atoms with Crippen molar-refractivity contribution in [1.82, 2.24) is 4.72 Å². The van der Waals surface area contributed by atoms with Crippen molar-refractivity contribution in [3.8, 4) is 0 Å². The van der Waals surface area contributed by atoms with Gasteiger partial charge in [0.15, 0.2) is 0 Å². The second-order valence-corrected chi connectivity index (χ2v) is 7.91. The lowest BCUT2D eigenvalue weighted by molar-refractivity contribution is -0.384. The Kier molecular flexibility index (Phi) is 5.59. The molecule has 0 saturated heterocycles. The second-order valence-electron chi connectivity index (χ2n) is 6.19. The molecule has 0 aromatic heterocycles. The lowest BCUT2D eigenvalue weighted by Crippen LogP contribution is -2.30. The van der Waals surface area contributed by atoms with Gasteiger partial charge in [-0.05, 0) is 38.8 Å². The predicted molar refractivity (Wildman–Crippen MR) is 89.0 cm³/mol. The summed E-state index contributed by atoms with van der Waals surface area (Å²) in [7, 11) is -3.75. The summed E-state index contributed by atoms with van der Waals surface area (Å²) in [6.45, 7) is 3.40. The monoisotopic (exact) mass is 341 g/mol. The zero-order chi connectivity index (χ0) is 17.0. The number of nitrogens with zero attached hydrogens (tertiary/aromatic N) is 1. The van der Waals surface area contributed by atoms with Gasteiger partial charge in [0, 0.05) is 18.2 Å². The minimum atomic E-state index is -3.75. The zero-order valence-electron chi connectivity index (χ0n) is 13.4. The summed E-state index contributed by atoms with van der Waals surface area (Å²) in [4.78, 5) is 10.7. The number of rotatable bonds is 6. The molecular weight excluding hydrogens is 318 g/mol. The van der Waals surface area contributed by atoms with E-state index in [1.54, 1.807) is 13.8 Å². The van der Waals surface area contributed by atoms with Crippen LogP contribution in [0, 0.1) is 10.1 Å². The van der Waals surface area contributed by atoms with Crippen molar-refractivity contribution < 1.29 is 13.3 Å². The largest absolute Gasteiger partial charge is 0.377 e. The summed E-state index contributed by atoms with van der Waals surface area (Å²) >= 11 is 0. The number of nitro groups is 1. The molecule has 128 valence electrons. The first-order valence-electron chi connectivity index (χ1n) is 7.87. The molecule has 1 fully saturated rings. The summed E-state index contributed by atoms with van der Waals surface area (Å²) in [5.74, 6) is 0. The number of nitrogens with one attached hydrogen (secondary N) is 2. The molecule has 8 heteroatoms. The van der Waals surface area contributed by atoms with Gasteiger partial charge in [0.2, 0.25) is 10.0 Å². The Bertz CT molecular complexity index is 667. The van der Waals surface area contributed by atoms with Crippen molar-refractivity contribution in [2.45, 2.75) is 62.9 Å². The van der Waals surface area contributed by atoms with Crippen molar-refractivity contribution >= 4 is 21.4 Å². The van der Waals surface area contributed by atoms with E-state index < -0.39 is 14.9 Å². The molecule has 0 amide bonds. The molecule has 0 aliphatic heterocycles. The Balaban J connectivity index is 2.29. The highest BCUT2D eigenvalue weighted by atomic mass is 32.2. The summed E-state index contributed by atoms with van der Waals surface area (Å²) in [6, 6.07) is 3.94. The van der Waals surface area contributed by atoms with Gasteiger partial charge in [0.05, 0.1) is 9.82 Å². The van der Waals surface area contributed by atoms with Gasteiger partial charge in [0.25, 0.3) is 5.69 Å². The first-order valence-corrected chi connectivity index (χ1v) is 9.35. The molecule has 2 N–H and O–H groups in total. The van der Waals surface area contributed by atoms with Crippen LogP contribution < -0.4 is 10.0 Å². The average molecular weight is 341 g/mol. The molecule has 1 aromatic carbocycles. The van der Waals surface area contributed by atoms with Crippen molar-refractivity contribution in [2.24, 2.45) is 0 Å². The van der Waals surface area contributed by atoms with Gasteiger partial charge in [-0.15, -0.1) is 0 Å². The molecule has 0 unspecified atom stereocenters. The number of sulfonamides is 1. The van der Waals surface area contributed by atoms with Gasteiger partial charge >= 0.3 is 0 Å². The highest BCUT2D eigenvalue weighted by Crippen LogP contribution is 2.30. The van der Waals surface area contributed by atoms with Crippen LogP contribution in [-0.2, 0) is 10.0 Å². The van der Waals surface area contributed by atoms with E-state index in [0.717, 1.165) is 31.7 Å². The van der Waals surface area contributed by atoms with Gasteiger partial charge in [0.1, 0.15) is 5.69 Å². The van der Waals surface area contributed by atoms with Gasteiger partial charge in [-0.2, -0.15) is 0 Å². The third kappa shape index (κ3) is 4.65. The van der Waals surface area contributed by atoms with Crippen LogP contribution in [0.5, 0.6) is 0 Å².